The van der Waals surface area contributed by atoms with Crippen molar-refractivity contribution in [1.82, 2.24) is 15.4 Å². The summed E-state index contributed by atoms with van der Waals surface area (Å²) in [6.45, 7) is -0.548. The summed E-state index contributed by atoms with van der Waals surface area (Å²) < 4.78 is 34.9. The third kappa shape index (κ3) is 5.76. The van der Waals surface area contributed by atoms with Gasteiger partial charge in [-0.15, -0.1) is 0 Å². The molecule has 15 heteroatoms. The van der Waals surface area contributed by atoms with Crippen LogP contribution in [0, 0.1) is 5.82 Å². The van der Waals surface area contributed by atoms with E-state index in [0.717, 1.165) is 11.0 Å². The lowest BCUT2D eigenvalue weighted by atomic mass is 10.1. The van der Waals surface area contributed by atoms with Crippen LogP contribution >= 0.6 is 7.82 Å². The van der Waals surface area contributed by atoms with Crippen LogP contribution < -0.4 is 22.0 Å². The molecule has 7 N–H and O–H groups in total. The fraction of sp³-hybridized carbons (Fsp3) is 0.235. The van der Waals surface area contributed by atoms with Gasteiger partial charge >= 0.3 is 13.9 Å². The number of cyclic esters (lactones) is 1. The van der Waals surface area contributed by atoms with Crippen LogP contribution in [0.2, 0.25) is 0 Å². The van der Waals surface area contributed by atoms with E-state index in [-0.39, 0.29) is 23.8 Å². The molecule has 172 valence electrons. The third-order valence-corrected chi connectivity index (χ3v) is 4.79. The van der Waals surface area contributed by atoms with Gasteiger partial charge in [-0.25, -0.2) is 30.4 Å². The summed E-state index contributed by atoms with van der Waals surface area (Å²) in [6.07, 6.45) is -0.272. The Morgan fingerprint density at radius 2 is 2.22 bits per heavy atom. The highest BCUT2D eigenvalue weighted by Crippen LogP contribution is 2.37. The van der Waals surface area contributed by atoms with Crippen molar-refractivity contribution in [2.24, 2.45) is 16.7 Å². The molecule has 2 aromatic rings. The normalized spacial score (nSPS) is 16.8. The predicted molar refractivity (Wildman–Crippen MR) is 112 cm³/mol. The van der Waals surface area contributed by atoms with Crippen molar-refractivity contribution in [2.45, 2.75) is 6.10 Å². The smallest absolute Gasteiger partial charge is 0.441 e. The van der Waals surface area contributed by atoms with Gasteiger partial charge in [0.05, 0.1) is 18.8 Å². The van der Waals surface area contributed by atoms with Crippen LogP contribution in [0.25, 0.3) is 11.1 Å². The molecule has 0 radical (unpaired) electrons. The SMILES string of the molecule is CN(N)C(=Nc1ccc(-c2ccc(N3C[C@H](COP(=O)(O)O)OC3=O)cc2F)cn1)NN. The second-order valence-corrected chi connectivity index (χ2v) is 7.90. The number of hydrogen-bond acceptors (Lipinski definition) is 8. The van der Waals surface area contributed by atoms with E-state index in [1.807, 2.05) is 0 Å². The Hall–Kier alpha value is -3.13. The minimum atomic E-state index is -4.70. The number of guanidine groups is 1. The van der Waals surface area contributed by atoms with Gasteiger partial charge in [-0.1, -0.05) is 0 Å². The molecule has 0 saturated carbocycles. The van der Waals surface area contributed by atoms with Crippen molar-refractivity contribution in [3.8, 4) is 11.1 Å². The van der Waals surface area contributed by atoms with Gasteiger partial charge < -0.3 is 14.5 Å². The summed E-state index contributed by atoms with van der Waals surface area (Å²) in [5, 5.41) is 1.17. The zero-order chi connectivity index (χ0) is 23.5. The summed E-state index contributed by atoms with van der Waals surface area (Å²) in [6, 6.07) is 7.28. The van der Waals surface area contributed by atoms with Gasteiger partial charge in [0, 0.05) is 24.4 Å². The van der Waals surface area contributed by atoms with Gasteiger partial charge in [-0.2, -0.15) is 4.99 Å². The fourth-order valence-electron chi connectivity index (χ4n) is 2.84. The van der Waals surface area contributed by atoms with Gasteiger partial charge in [-0.3, -0.25) is 19.9 Å². The Morgan fingerprint density at radius 1 is 1.47 bits per heavy atom. The van der Waals surface area contributed by atoms with E-state index in [4.69, 9.17) is 26.2 Å². The molecule has 1 aliphatic heterocycles. The van der Waals surface area contributed by atoms with Gasteiger partial charge in [0.1, 0.15) is 11.9 Å². The number of amides is 1. The Kier molecular flexibility index (Phi) is 7.03. The Balaban J connectivity index is 1.74. The fourth-order valence-corrected chi connectivity index (χ4v) is 3.20. The number of phosphoric ester groups is 1. The maximum atomic E-state index is 14.8. The first-order valence-corrected chi connectivity index (χ1v) is 10.6. The minimum absolute atomic E-state index is 0.0566. The number of benzene rings is 1. The van der Waals surface area contributed by atoms with E-state index in [0.29, 0.717) is 11.4 Å². The summed E-state index contributed by atoms with van der Waals surface area (Å²) in [7, 11) is -3.16. The maximum absolute atomic E-state index is 14.8. The van der Waals surface area contributed by atoms with E-state index in [9.17, 15) is 13.8 Å². The van der Waals surface area contributed by atoms with Gasteiger partial charge in [-0.05, 0) is 30.3 Å². The number of aliphatic imine (C=N–C) groups is 1. The highest BCUT2D eigenvalue weighted by molar-refractivity contribution is 7.46. The van der Waals surface area contributed by atoms with Gasteiger partial charge in [0.15, 0.2) is 5.82 Å². The van der Waals surface area contributed by atoms with Crippen LogP contribution in [0.3, 0.4) is 0 Å². The van der Waals surface area contributed by atoms with E-state index in [2.05, 4.69) is 19.9 Å². The molecule has 0 spiro atoms. The van der Waals surface area contributed by atoms with E-state index in [1.165, 1.54) is 30.4 Å². The number of aromatic nitrogens is 1. The zero-order valence-corrected chi connectivity index (χ0v) is 17.6. The van der Waals surface area contributed by atoms with Crippen molar-refractivity contribution < 1.29 is 32.8 Å². The van der Waals surface area contributed by atoms with Crippen molar-refractivity contribution in [2.75, 3.05) is 25.1 Å². The first kappa shape index (κ1) is 23.5. The molecule has 2 heterocycles. The number of nitrogens with zero attached hydrogens (tertiary/aromatic N) is 4. The number of hydrogen-bond donors (Lipinski definition) is 5. The number of anilines is 1. The lowest BCUT2D eigenvalue weighted by Crippen LogP contribution is -2.46. The summed E-state index contributed by atoms with van der Waals surface area (Å²) in [5.41, 5.74) is 3.24. The highest BCUT2D eigenvalue weighted by atomic mass is 31.2. The van der Waals surface area contributed by atoms with E-state index in [1.54, 1.807) is 12.1 Å². The van der Waals surface area contributed by atoms with Crippen LogP contribution in [-0.2, 0) is 13.8 Å². The summed E-state index contributed by atoms with van der Waals surface area (Å²) in [4.78, 5) is 38.9. The predicted octanol–water partition coefficient (Wildman–Crippen LogP) is 0.578. The van der Waals surface area contributed by atoms with Gasteiger partial charge in [0.2, 0.25) is 5.96 Å². The van der Waals surface area contributed by atoms with Crippen LogP contribution in [0.15, 0.2) is 41.5 Å². The lowest BCUT2D eigenvalue weighted by Gasteiger charge is -2.15. The van der Waals surface area contributed by atoms with Crippen molar-refractivity contribution in [3.05, 3.63) is 42.3 Å². The molecule has 1 aliphatic rings. The maximum Gasteiger partial charge on any atom is 0.469 e. The molecule has 1 saturated heterocycles. The van der Waals surface area contributed by atoms with E-state index < -0.39 is 32.4 Å². The average Bonchev–Trinajstić information content (AvgIpc) is 3.11. The Labute approximate surface area is 181 Å². The van der Waals surface area contributed by atoms with Gasteiger partial charge in [0.25, 0.3) is 0 Å². The van der Waals surface area contributed by atoms with Crippen molar-refractivity contribution in [3.63, 3.8) is 0 Å². The molecule has 0 unspecified atom stereocenters. The molecule has 1 aromatic carbocycles. The molecular weight excluding hydrogens is 448 g/mol. The summed E-state index contributed by atoms with van der Waals surface area (Å²) in [5.74, 6) is 10.7. The number of carbonyl (C=O) groups excluding carboxylic acids is 1. The second-order valence-electron chi connectivity index (χ2n) is 6.66. The van der Waals surface area contributed by atoms with Crippen LogP contribution in [0.5, 0.6) is 0 Å². The number of nitrogens with one attached hydrogen (secondary N) is 1. The molecule has 32 heavy (non-hydrogen) atoms. The number of phosphoric acid groups is 1. The standard InChI is InChI=1S/C17H21FN7O6P/c1-24(20)16(23-19)22-15-5-2-10(7-21-15)13-4-3-11(6-14(13)18)25-8-12(31-17(25)26)9-30-32(27,28)29/h2-7,12H,8-9,19-20H2,1H3,(H,21,22,23)(H2,27,28,29)/t12-/m1/s1. The number of rotatable bonds is 6. The number of hydrazine groups is 2. The first-order chi connectivity index (χ1) is 15.1. The quantitative estimate of drug-likeness (QED) is 0.131. The topological polar surface area (TPSA) is 189 Å². The average molecular weight is 469 g/mol. The molecule has 13 nitrogen and oxygen atoms in total. The lowest BCUT2D eigenvalue weighted by molar-refractivity contribution is 0.0880. The number of nitrogens with two attached hydrogens (primary N) is 2. The molecule has 0 bridgehead atoms. The second kappa shape index (κ2) is 9.56. The Bertz CT molecular complexity index is 1060. The Morgan fingerprint density at radius 3 is 2.78 bits per heavy atom. The minimum Gasteiger partial charge on any atom is -0.441 e. The molecule has 1 aromatic heterocycles. The van der Waals surface area contributed by atoms with Crippen LogP contribution in [-0.4, -0.2) is 58.1 Å². The van der Waals surface area contributed by atoms with Crippen molar-refractivity contribution in [1.29, 1.82) is 0 Å². The summed E-state index contributed by atoms with van der Waals surface area (Å²) >= 11 is 0. The van der Waals surface area contributed by atoms with E-state index >= 15 is 0 Å². The van der Waals surface area contributed by atoms with Crippen molar-refractivity contribution >= 4 is 31.4 Å². The van der Waals surface area contributed by atoms with Crippen LogP contribution in [0.4, 0.5) is 20.7 Å². The monoisotopic (exact) mass is 469 g/mol. The molecule has 1 atom stereocenters. The molecule has 1 amide bonds. The molecular formula is C17H21FN7O6P. The van der Waals surface area contributed by atoms with Crippen LogP contribution in [0.1, 0.15) is 0 Å². The molecule has 1 fully saturated rings. The molecule has 0 aliphatic carbocycles. The molecule has 3 rings (SSSR count). The highest BCUT2D eigenvalue weighted by Gasteiger charge is 2.34. The third-order valence-electron chi connectivity index (χ3n) is 4.31. The largest absolute Gasteiger partial charge is 0.469 e. The zero-order valence-electron chi connectivity index (χ0n) is 16.8. The number of carbonyl (C=O) groups is 1. The first-order valence-electron chi connectivity index (χ1n) is 9.05. The number of pyridine rings is 1. The number of halogens is 1. The number of ether oxygens (including phenoxy) is 1.